The molecule has 0 bridgehead atoms. The molecule has 7 aromatic rings. The van der Waals surface area contributed by atoms with Gasteiger partial charge in [0, 0.05) is 50.6 Å². The molecule has 4 amide bonds. The van der Waals surface area contributed by atoms with Gasteiger partial charge in [0.15, 0.2) is 10.8 Å². The molecule has 7 heterocycles. The van der Waals surface area contributed by atoms with Crippen LogP contribution in [0.15, 0.2) is 97.1 Å². The number of carbonyl (C=O) groups is 5. The maximum Gasteiger partial charge on any atom is 0.354 e. The summed E-state index contributed by atoms with van der Waals surface area (Å²) in [5.41, 5.74) is 8.28. The number of imide groups is 1. The molecule has 3 N–H and O–H groups in total. The van der Waals surface area contributed by atoms with E-state index < -0.39 is 11.9 Å². The third-order valence-corrected chi connectivity index (χ3v) is 16.6. The zero-order valence-corrected chi connectivity index (χ0v) is 42.9. The zero-order chi connectivity index (χ0) is 51.6. The van der Waals surface area contributed by atoms with Crippen LogP contribution in [-0.2, 0) is 47.2 Å². The fraction of sp³-hybridized carbons (Fsp3) is 0.379. The summed E-state index contributed by atoms with van der Waals surface area (Å²) in [6.07, 6.45) is 7.36. The molecule has 16 nitrogen and oxygen atoms in total. The molecule has 0 saturated carbocycles. The van der Waals surface area contributed by atoms with Gasteiger partial charge in [0.1, 0.15) is 11.6 Å². The van der Waals surface area contributed by atoms with Crippen LogP contribution in [0.2, 0.25) is 0 Å². The number of aromatic carboxylic acids is 1. The number of carboxylic acids is 1. The molecule has 0 spiro atoms. The highest BCUT2D eigenvalue weighted by Crippen LogP contribution is 2.38. The number of pyridine rings is 1. The second-order valence-electron chi connectivity index (χ2n) is 20.5. The van der Waals surface area contributed by atoms with Crippen LogP contribution in [0.3, 0.4) is 0 Å². The number of aromatic nitrogens is 4. The molecule has 75 heavy (non-hydrogen) atoms. The Labute approximate surface area is 439 Å². The number of likely N-dealkylation sites (tertiary alicyclic amines) is 2. The average molecular weight is 1030 g/mol. The fourth-order valence-electron chi connectivity index (χ4n) is 11.6. The van der Waals surface area contributed by atoms with Crippen molar-refractivity contribution in [2.75, 3.05) is 56.1 Å². The van der Waals surface area contributed by atoms with Crippen molar-refractivity contribution in [1.82, 2.24) is 34.9 Å². The summed E-state index contributed by atoms with van der Waals surface area (Å²) in [5, 5.41) is 22.0. The number of thiazole rings is 1. The molecule has 4 aromatic carbocycles. The lowest BCUT2D eigenvalue weighted by Crippen LogP contribution is -2.46. The monoisotopic (exact) mass is 1030 g/mol. The first kappa shape index (κ1) is 49.7. The molecule has 11 rings (SSSR count). The first-order valence-corrected chi connectivity index (χ1v) is 27.1. The van der Waals surface area contributed by atoms with Gasteiger partial charge in [0.05, 0.1) is 40.5 Å². The summed E-state index contributed by atoms with van der Waals surface area (Å²) in [6, 6.07) is 31.7. The van der Waals surface area contributed by atoms with Crippen LogP contribution in [0.25, 0.3) is 21.1 Å². The number of rotatable bonds is 15. The SMILES string of the molecule is Cn1nc(C2CCC(=O)NC2=O)c2cccc(C3CCN(C(=O)CN4CCC(Cc5ccc(OCCCc6ccc(N7CCc8cccc(C(=O)Nc9nc%10ccccc%10s9)c8C7)nc6C(=O)O)cc5)CC4)CC3)c21. The first-order valence-electron chi connectivity index (χ1n) is 26.3. The van der Waals surface area contributed by atoms with Gasteiger partial charge in [-0.3, -0.25) is 39.4 Å². The van der Waals surface area contributed by atoms with Crippen molar-refractivity contribution in [1.29, 1.82) is 0 Å². The van der Waals surface area contributed by atoms with Gasteiger partial charge >= 0.3 is 5.97 Å². The molecular formula is C58H61N9O7S. The van der Waals surface area contributed by atoms with E-state index in [4.69, 9.17) is 9.84 Å². The molecule has 1 atom stereocenters. The minimum atomic E-state index is -1.08. The van der Waals surface area contributed by atoms with E-state index in [1.807, 2.05) is 100 Å². The number of fused-ring (bicyclic) bond motifs is 3. The molecule has 17 heteroatoms. The van der Waals surface area contributed by atoms with E-state index in [-0.39, 0.29) is 35.2 Å². The Bertz CT molecular complexity index is 3270. The van der Waals surface area contributed by atoms with Crippen molar-refractivity contribution < 1.29 is 33.8 Å². The molecule has 3 saturated heterocycles. The Balaban J connectivity index is 0.610. The van der Waals surface area contributed by atoms with Gasteiger partial charge in [-0.2, -0.15) is 5.10 Å². The number of amides is 4. The average Bonchev–Trinajstić information content (AvgIpc) is 4.00. The lowest BCUT2D eigenvalue weighted by molar-refractivity contribution is -0.135. The molecular weight excluding hydrogens is 967 g/mol. The fourth-order valence-corrected chi connectivity index (χ4v) is 12.5. The van der Waals surface area contributed by atoms with E-state index in [1.165, 1.54) is 22.5 Å². The van der Waals surface area contributed by atoms with Gasteiger partial charge in [-0.25, -0.2) is 14.8 Å². The Kier molecular flexibility index (Phi) is 14.4. The molecule has 4 aliphatic rings. The van der Waals surface area contributed by atoms with Crippen LogP contribution in [0.5, 0.6) is 5.75 Å². The van der Waals surface area contributed by atoms with Gasteiger partial charge in [-0.1, -0.05) is 72.0 Å². The van der Waals surface area contributed by atoms with Crippen molar-refractivity contribution in [3.8, 4) is 5.75 Å². The number of carboxylic acid groups (broad SMARTS) is 1. The molecule has 0 radical (unpaired) electrons. The molecule has 4 aliphatic heterocycles. The molecule has 0 aliphatic carbocycles. The number of ether oxygens (including phenoxy) is 1. The predicted octanol–water partition coefficient (Wildman–Crippen LogP) is 8.28. The highest BCUT2D eigenvalue weighted by Gasteiger charge is 2.34. The number of nitrogens with zero attached hydrogens (tertiary/aromatic N) is 7. The molecule has 386 valence electrons. The van der Waals surface area contributed by atoms with Gasteiger partial charge < -0.3 is 19.6 Å². The van der Waals surface area contributed by atoms with Gasteiger partial charge in [-0.15, -0.1) is 0 Å². The maximum absolute atomic E-state index is 13.6. The van der Waals surface area contributed by atoms with Crippen LogP contribution < -0.4 is 20.3 Å². The number of aryl methyl sites for hydroxylation is 2. The number of benzene rings is 4. The normalized spacial score (nSPS) is 17.8. The summed E-state index contributed by atoms with van der Waals surface area (Å²) < 4.78 is 8.98. The van der Waals surface area contributed by atoms with Crippen molar-refractivity contribution in [3.05, 3.63) is 142 Å². The second-order valence-corrected chi connectivity index (χ2v) is 21.5. The van der Waals surface area contributed by atoms with Gasteiger partial charge in [0.2, 0.25) is 17.7 Å². The highest BCUT2D eigenvalue weighted by molar-refractivity contribution is 7.22. The third kappa shape index (κ3) is 10.9. The van der Waals surface area contributed by atoms with Crippen molar-refractivity contribution in [2.24, 2.45) is 13.0 Å². The molecule has 3 aromatic heterocycles. The quantitative estimate of drug-likeness (QED) is 0.0659. The minimum absolute atomic E-state index is 0.0279. The Morgan fingerprint density at radius 2 is 1.64 bits per heavy atom. The number of hydrogen-bond donors (Lipinski definition) is 3. The number of para-hydroxylation sites is 2. The largest absolute Gasteiger partial charge is 0.494 e. The number of nitrogens with one attached hydrogen (secondary N) is 2. The summed E-state index contributed by atoms with van der Waals surface area (Å²) in [7, 11) is 1.92. The summed E-state index contributed by atoms with van der Waals surface area (Å²) in [5.74, 6) is 0.0889. The molecule has 3 fully saturated rings. The van der Waals surface area contributed by atoms with Crippen molar-refractivity contribution in [3.63, 3.8) is 0 Å². The topological polar surface area (TPSA) is 192 Å². The summed E-state index contributed by atoms with van der Waals surface area (Å²) >= 11 is 1.43. The predicted molar refractivity (Wildman–Crippen MR) is 287 cm³/mol. The lowest BCUT2D eigenvalue weighted by Gasteiger charge is -2.36. The van der Waals surface area contributed by atoms with Crippen LogP contribution in [-0.4, -0.2) is 110 Å². The molecule has 1 unspecified atom stereocenters. The van der Waals surface area contributed by atoms with Crippen LogP contribution in [0.1, 0.15) is 111 Å². The summed E-state index contributed by atoms with van der Waals surface area (Å²) in [4.78, 5) is 79.7. The third-order valence-electron chi connectivity index (χ3n) is 15.7. The number of hydrogen-bond acceptors (Lipinski definition) is 12. The minimum Gasteiger partial charge on any atom is -0.494 e. The first-order chi connectivity index (χ1) is 36.5. The zero-order valence-electron chi connectivity index (χ0n) is 42.1. The standard InChI is InChI=1S/C58H61N9O7S/c1-64-54-42(9-5-11-44(54)53(63-64)45-19-21-50(68)61-56(45)71)39-24-29-66(30-25-39)51(69)35-65-27-22-37(23-28-65)33-36-14-17-41(18-15-36)74-32-6-8-40-16-20-49(60-52(40)57(72)73)67-31-26-38-7-4-10-43(46(38)34-67)55(70)62-58-59-47-12-2-3-13-48(47)75-58/h2-5,7,9-18,20,37,39,45H,6,8,19,21-35H2,1H3,(H,72,73)(H,59,62,70)(H,61,68,71). The van der Waals surface area contributed by atoms with E-state index in [0.29, 0.717) is 99.4 Å². The number of anilines is 2. The number of carbonyl (C=O) groups excluding carboxylic acids is 4. The Morgan fingerprint density at radius 3 is 2.43 bits per heavy atom. The smallest absolute Gasteiger partial charge is 0.354 e. The Morgan fingerprint density at radius 1 is 0.840 bits per heavy atom. The van der Waals surface area contributed by atoms with Gasteiger partial charge in [-0.05, 0) is 147 Å². The van der Waals surface area contributed by atoms with Crippen LogP contribution >= 0.6 is 11.3 Å². The van der Waals surface area contributed by atoms with Crippen LogP contribution in [0.4, 0.5) is 10.9 Å². The Hall–Kier alpha value is -7.50. The summed E-state index contributed by atoms with van der Waals surface area (Å²) in [6.45, 7) is 5.15. The number of piperidine rings is 3. The maximum atomic E-state index is 13.6. The van der Waals surface area contributed by atoms with Crippen molar-refractivity contribution in [2.45, 2.75) is 82.6 Å². The van der Waals surface area contributed by atoms with E-state index >= 15 is 0 Å². The van der Waals surface area contributed by atoms with E-state index in [1.54, 1.807) is 0 Å². The van der Waals surface area contributed by atoms with Gasteiger partial charge in [0.25, 0.3) is 5.91 Å². The van der Waals surface area contributed by atoms with Crippen LogP contribution in [0, 0.1) is 5.92 Å². The van der Waals surface area contributed by atoms with Crippen molar-refractivity contribution >= 4 is 73.0 Å². The second kappa shape index (κ2) is 21.8. The van der Waals surface area contributed by atoms with E-state index in [0.717, 1.165) is 88.9 Å². The van der Waals surface area contributed by atoms with E-state index in [9.17, 15) is 29.1 Å². The highest BCUT2D eigenvalue weighted by atomic mass is 32.1. The van der Waals surface area contributed by atoms with E-state index in [2.05, 4.69) is 43.7 Å². The lowest BCUT2D eigenvalue weighted by atomic mass is 9.86.